The maximum Gasteiger partial charge on any atom is 0.494 e. The second kappa shape index (κ2) is 7.28. The van der Waals surface area contributed by atoms with Crippen LogP contribution in [0.4, 0.5) is 0 Å². The van der Waals surface area contributed by atoms with Crippen molar-refractivity contribution in [3.05, 3.63) is 29.8 Å². The predicted octanol–water partition coefficient (Wildman–Crippen LogP) is 2.79. The first-order valence-electron chi connectivity index (χ1n) is 8.92. The van der Waals surface area contributed by atoms with Gasteiger partial charge in [0.2, 0.25) is 5.91 Å². The van der Waals surface area contributed by atoms with Gasteiger partial charge in [-0.15, -0.1) is 0 Å². The SMILES string of the molecule is CCN(CC)C(=O)CCc1ccc(B2OC(C)(C)C(C)(C)O2)cc1. The topological polar surface area (TPSA) is 38.8 Å². The van der Waals surface area contributed by atoms with Crippen molar-refractivity contribution in [2.45, 2.75) is 65.6 Å². The van der Waals surface area contributed by atoms with Crippen molar-refractivity contribution in [1.29, 1.82) is 0 Å². The number of amides is 1. The first-order chi connectivity index (χ1) is 11.2. The summed E-state index contributed by atoms with van der Waals surface area (Å²) in [5.74, 6) is 0.218. The van der Waals surface area contributed by atoms with Crippen LogP contribution >= 0.6 is 0 Å². The third-order valence-corrected chi connectivity index (χ3v) is 5.25. The predicted molar refractivity (Wildman–Crippen MR) is 98.4 cm³/mol. The lowest BCUT2D eigenvalue weighted by atomic mass is 9.78. The van der Waals surface area contributed by atoms with Crippen LogP contribution in [0.5, 0.6) is 0 Å². The molecule has 132 valence electrons. The normalized spacial score (nSPS) is 18.7. The number of hydrogen-bond acceptors (Lipinski definition) is 3. The molecule has 1 aliphatic rings. The zero-order valence-corrected chi connectivity index (χ0v) is 15.9. The van der Waals surface area contributed by atoms with Gasteiger partial charge in [0.05, 0.1) is 11.2 Å². The lowest BCUT2D eigenvalue weighted by molar-refractivity contribution is -0.130. The van der Waals surface area contributed by atoms with Crippen LogP contribution < -0.4 is 5.46 Å². The largest absolute Gasteiger partial charge is 0.494 e. The Morgan fingerprint density at radius 2 is 1.50 bits per heavy atom. The van der Waals surface area contributed by atoms with E-state index in [0.717, 1.165) is 30.5 Å². The average molecular weight is 331 g/mol. The van der Waals surface area contributed by atoms with E-state index in [1.807, 2.05) is 30.9 Å². The Morgan fingerprint density at radius 3 is 1.96 bits per heavy atom. The molecule has 1 amide bonds. The molecule has 1 saturated heterocycles. The van der Waals surface area contributed by atoms with E-state index in [1.165, 1.54) is 0 Å². The van der Waals surface area contributed by atoms with Crippen molar-refractivity contribution in [1.82, 2.24) is 4.90 Å². The summed E-state index contributed by atoms with van der Waals surface area (Å²) in [5.41, 5.74) is 1.53. The van der Waals surface area contributed by atoms with Gasteiger partial charge < -0.3 is 14.2 Å². The molecular weight excluding hydrogens is 301 g/mol. The Morgan fingerprint density at radius 1 is 1.00 bits per heavy atom. The minimum absolute atomic E-state index is 0.218. The van der Waals surface area contributed by atoms with Gasteiger partial charge in [-0.3, -0.25) is 4.79 Å². The van der Waals surface area contributed by atoms with Gasteiger partial charge in [-0.05, 0) is 59.0 Å². The van der Waals surface area contributed by atoms with Crippen LogP contribution in [0.2, 0.25) is 0 Å². The monoisotopic (exact) mass is 331 g/mol. The number of carbonyl (C=O) groups excluding carboxylic acids is 1. The third-order valence-electron chi connectivity index (χ3n) is 5.25. The molecule has 0 atom stereocenters. The molecule has 1 heterocycles. The molecule has 2 rings (SSSR count). The van der Waals surface area contributed by atoms with Gasteiger partial charge in [0.1, 0.15) is 0 Å². The van der Waals surface area contributed by atoms with Gasteiger partial charge >= 0.3 is 7.12 Å². The summed E-state index contributed by atoms with van der Waals surface area (Å²) in [6.45, 7) is 13.8. The molecule has 1 aliphatic heterocycles. The Kier molecular flexibility index (Phi) is 5.76. The molecule has 0 unspecified atom stereocenters. The molecule has 1 fully saturated rings. The summed E-state index contributed by atoms with van der Waals surface area (Å²) in [7, 11) is -0.332. The lowest BCUT2D eigenvalue weighted by Gasteiger charge is -2.32. The number of nitrogens with zero attached hydrogens (tertiary/aromatic N) is 1. The lowest BCUT2D eigenvalue weighted by Crippen LogP contribution is -2.41. The molecule has 4 nitrogen and oxygen atoms in total. The highest BCUT2D eigenvalue weighted by Crippen LogP contribution is 2.36. The van der Waals surface area contributed by atoms with Gasteiger partial charge in [0, 0.05) is 19.5 Å². The minimum atomic E-state index is -0.332. The molecular formula is C19H30BNO3. The van der Waals surface area contributed by atoms with E-state index in [0.29, 0.717) is 6.42 Å². The van der Waals surface area contributed by atoms with Crippen molar-refractivity contribution < 1.29 is 14.1 Å². The van der Waals surface area contributed by atoms with Crippen LogP contribution in [0.3, 0.4) is 0 Å². The van der Waals surface area contributed by atoms with Gasteiger partial charge in [-0.25, -0.2) is 0 Å². The third kappa shape index (κ3) is 4.01. The second-order valence-electron chi connectivity index (χ2n) is 7.40. The number of benzene rings is 1. The van der Waals surface area contributed by atoms with Crippen LogP contribution in [0, 0.1) is 0 Å². The van der Waals surface area contributed by atoms with Gasteiger partial charge in [-0.1, -0.05) is 24.3 Å². The minimum Gasteiger partial charge on any atom is -0.399 e. The van der Waals surface area contributed by atoms with Crippen LogP contribution in [0.1, 0.15) is 53.5 Å². The smallest absolute Gasteiger partial charge is 0.399 e. The fourth-order valence-corrected chi connectivity index (χ4v) is 2.81. The molecule has 1 aromatic carbocycles. The standard InChI is InChI=1S/C19H30BNO3/c1-7-21(8-2)17(22)14-11-15-9-12-16(13-10-15)20-23-18(3,4)19(5,6)24-20/h9-10,12-13H,7-8,11,14H2,1-6H3. The molecule has 0 aromatic heterocycles. The van der Waals surface area contributed by atoms with E-state index < -0.39 is 0 Å². The molecule has 0 aliphatic carbocycles. The maximum absolute atomic E-state index is 12.1. The summed E-state index contributed by atoms with van der Waals surface area (Å²) in [6.07, 6.45) is 1.32. The fourth-order valence-electron chi connectivity index (χ4n) is 2.81. The van der Waals surface area contributed by atoms with E-state index in [9.17, 15) is 4.79 Å². The Bertz CT molecular complexity index is 548. The molecule has 0 bridgehead atoms. The van der Waals surface area contributed by atoms with Crippen molar-refractivity contribution >= 4 is 18.5 Å². The molecule has 0 saturated carbocycles. The summed E-state index contributed by atoms with van der Waals surface area (Å²) < 4.78 is 12.1. The van der Waals surface area contributed by atoms with Crippen molar-refractivity contribution in [3.63, 3.8) is 0 Å². The van der Waals surface area contributed by atoms with Gasteiger partial charge in [-0.2, -0.15) is 0 Å². The molecule has 1 aromatic rings. The zero-order chi connectivity index (χ0) is 18.0. The Hall–Kier alpha value is -1.33. The first-order valence-corrected chi connectivity index (χ1v) is 8.92. The van der Waals surface area contributed by atoms with Crippen LogP contribution in [-0.2, 0) is 20.5 Å². The second-order valence-corrected chi connectivity index (χ2v) is 7.40. The number of aryl methyl sites for hydroxylation is 1. The number of hydrogen-bond donors (Lipinski definition) is 0. The zero-order valence-electron chi connectivity index (χ0n) is 15.9. The maximum atomic E-state index is 12.1. The van der Waals surface area contributed by atoms with Crippen LogP contribution in [0.15, 0.2) is 24.3 Å². The fraction of sp³-hybridized carbons (Fsp3) is 0.632. The average Bonchev–Trinajstić information content (AvgIpc) is 2.75. The summed E-state index contributed by atoms with van der Waals surface area (Å²) in [4.78, 5) is 14.0. The van der Waals surface area contributed by atoms with E-state index in [1.54, 1.807) is 0 Å². The molecule has 5 heteroatoms. The van der Waals surface area contributed by atoms with Crippen LogP contribution in [-0.4, -0.2) is 42.2 Å². The number of rotatable bonds is 6. The molecule has 0 spiro atoms. The Labute approximate surface area is 146 Å². The highest BCUT2D eigenvalue weighted by molar-refractivity contribution is 6.62. The molecule has 0 N–H and O–H groups in total. The quantitative estimate of drug-likeness (QED) is 0.753. The van der Waals surface area contributed by atoms with Gasteiger partial charge in [0.15, 0.2) is 0 Å². The molecule has 24 heavy (non-hydrogen) atoms. The highest BCUT2D eigenvalue weighted by Gasteiger charge is 2.51. The highest BCUT2D eigenvalue weighted by atomic mass is 16.7. The summed E-state index contributed by atoms with van der Waals surface area (Å²) >= 11 is 0. The van der Waals surface area contributed by atoms with E-state index in [2.05, 4.69) is 39.8 Å². The van der Waals surface area contributed by atoms with Crippen molar-refractivity contribution in [2.24, 2.45) is 0 Å². The van der Waals surface area contributed by atoms with Gasteiger partial charge in [0.25, 0.3) is 0 Å². The van der Waals surface area contributed by atoms with Crippen molar-refractivity contribution in [3.8, 4) is 0 Å². The van der Waals surface area contributed by atoms with Crippen molar-refractivity contribution in [2.75, 3.05) is 13.1 Å². The van der Waals surface area contributed by atoms with E-state index >= 15 is 0 Å². The van der Waals surface area contributed by atoms with Crippen LogP contribution in [0.25, 0.3) is 0 Å². The molecule has 0 radical (unpaired) electrons. The summed E-state index contributed by atoms with van der Waals surface area (Å²) in [5, 5.41) is 0. The van der Waals surface area contributed by atoms with E-state index in [4.69, 9.17) is 9.31 Å². The Balaban J connectivity index is 1.96. The number of carbonyl (C=O) groups is 1. The van der Waals surface area contributed by atoms with E-state index in [-0.39, 0.29) is 24.2 Å². The summed E-state index contributed by atoms with van der Waals surface area (Å²) in [6, 6.07) is 8.21. The first kappa shape index (κ1) is 19.0.